The van der Waals surface area contributed by atoms with E-state index in [0.717, 1.165) is 5.39 Å². The van der Waals surface area contributed by atoms with Crippen LogP contribution in [-0.2, 0) is 0 Å². The molecule has 0 aliphatic heterocycles. The first-order valence-corrected chi connectivity index (χ1v) is 3.63. The largest absolute Gasteiger partial charge is 0.461 e. The highest BCUT2D eigenvalue weighted by Gasteiger charge is 2.06. The Bertz CT molecular complexity index is 469. The third-order valence-electron chi connectivity index (χ3n) is 1.51. The van der Waals surface area contributed by atoms with E-state index in [1.807, 2.05) is 6.07 Å². The molecule has 0 fully saturated rings. The van der Waals surface area contributed by atoms with Crippen molar-refractivity contribution in [3.05, 3.63) is 29.2 Å². The third kappa shape index (κ3) is 0.936. The smallest absolute Gasteiger partial charge is 0.185 e. The van der Waals surface area contributed by atoms with Crippen molar-refractivity contribution in [3.8, 4) is 6.07 Å². The maximum Gasteiger partial charge on any atom is 0.185 e. The Morgan fingerprint density at radius 1 is 1.58 bits per heavy atom. The van der Waals surface area contributed by atoms with E-state index in [1.165, 1.54) is 6.26 Å². The lowest BCUT2D eigenvalue weighted by Gasteiger charge is -1.91. The van der Waals surface area contributed by atoms with Gasteiger partial charge in [0.2, 0.25) is 0 Å². The predicted molar refractivity (Wildman–Crippen MR) is 43.7 cm³/mol. The summed E-state index contributed by atoms with van der Waals surface area (Å²) in [5.41, 5.74) is 0.712. The topological polar surface area (TPSA) is 49.8 Å². The first kappa shape index (κ1) is 7.14. The molecule has 0 bridgehead atoms. The monoisotopic (exact) mass is 178 g/mol. The Morgan fingerprint density at radius 2 is 2.42 bits per heavy atom. The lowest BCUT2D eigenvalue weighted by Crippen LogP contribution is -1.82. The van der Waals surface area contributed by atoms with Crippen LogP contribution in [-0.4, -0.2) is 4.98 Å². The number of nitrogens with zero attached hydrogens (tertiary/aromatic N) is 2. The Labute approximate surface area is 73.2 Å². The normalized spacial score (nSPS) is 10.0. The second-order valence-corrected chi connectivity index (χ2v) is 2.63. The van der Waals surface area contributed by atoms with E-state index in [9.17, 15) is 0 Å². The maximum absolute atomic E-state index is 8.65. The van der Waals surface area contributed by atoms with Crippen LogP contribution in [0.1, 0.15) is 5.69 Å². The second kappa shape index (κ2) is 2.50. The van der Waals surface area contributed by atoms with Crippen molar-refractivity contribution in [1.82, 2.24) is 4.98 Å². The van der Waals surface area contributed by atoms with E-state index in [2.05, 4.69) is 4.98 Å². The van der Waals surface area contributed by atoms with Crippen LogP contribution in [0.15, 0.2) is 22.8 Å². The number of hydrogen-bond donors (Lipinski definition) is 0. The molecular weight excluding hydrogens is 176 g/mol. The lowest BCUT2D eigenvalue weighted by molar-refractivity contribution is 0.613. The molecule has 0 saturated carbocycles. The highest BCUT2D eigenvalue weighted by molar-refractivity contribution is 6.30. The van der Waals surface area contributed by atoms with Crippen LogP contribution in [0.2, 0.25) is 5.15 Å². The Morgan fingerprint density at radius 3 is 3.17 bits per heavy atom. The van der Waals surface area contributed by atoms with Crippen LogP contribution in [0, 0.1) is 11.3 Å². The maximum atomic E-state index is 8.65. The Hall–Kier alpha value is -1.53. The molecule has 2 aromatic heterocycles. The first-order chi connectivity index (χ1) is 5.81. The molecule has 0 radical (unpaired) electrons. The molecule has 0 aliphatic carbocycles. The third-order valence-corrected chi connectivity index (χ3v) is 1.70. The summed E-state index contributed by atoms with van der Waals surface area (Å²) in [4.78, 5) is 3.80. The van der Waals surface area contributed by atoms with Gasteiger partial charge >= 0.3 is 0 Å². The summed E-state index contributed by atoms with van der Waals surface area (Å²) in [5, 5.41) is 9.75. The van der Waals surface area contributed by atoms with Gasteiger partial charge in [-0.15, -0.1) is 0 Å². The van der Waals surface area contributed by atoms with E-state index >= 15 is 0 Å². The van der Waals surface area contributed by atoms with Crippen LogP contribution in [0.3, 0.4) is 0 Å². The molecule has 2 heterocycles. The Balaban J connectivity index is 2.91. The van der Waals surface area contributed by atoms with Crippen molar-refractivity contribution in [2.45, 2.75) is 0 Å². The number of fused-ring (bicyclic) bond motifs is 1. The highest BCUT2D eigenvalue weighted by Crippen LogP contribution is 2.21. The Kier molecular flexibility index (Phi) is 1.49. The molecule has 0 atom stereocenters. The molecule has 58 valence electrons. The van der Waals surface area contributed by atoms with E-state index in [-0.39, 0.29) is 5.69 Å². The number of halogens is 1. The molecule has 0 unspecified atom stereocenters. The summed E-state index contributed by atoms with van der Waals surface area (Å²) in [7, 11) is 0. The fourth-order valence-electron chi connectivity index (χ4n) is 1.02. The van der Waals surface area contributed by atoms with Gasteiger partial charge in [-0.3, -0.25) is 0 Å². The molecule has 0 amide bonds. The van der Waals surface area contributed by atoms with Gasteiger partial charge in [-0.2, -0.15) is 5.26 Å². The van der Waals surface area contributed by atoms with Gasteiger partial charge in [0.05, 0.1) is 6.26 Å². The molecule has 0 saturated heterocycles. The molecule has 0 aliphatic rings. The van der Waals surface area contributed by atoms with Crippen LogP contribution in [0.5, 0.6) is 0 Å². The number of aromatic nitrogens is 1. The van der Waals surface area contributed by atoms with Gasteiger partial charge in [0.1, 0.15) is 11.2 Å². The van der Waals surface area contributed by atoms with Crippen LogP contribution in [0.4, 0.5) is 0 Å². The zero-order valence-corrected chi connectivity index (χ0v) is 6.67. The van der Waals surface area contributed by atoms with Crippen molar-refractivity contribution in [2.75, 3.05) is 0 Å². The summed E-state index contributed by atoms with van der Waals surface area (Å²) >= 11 is 5.66. The summed E-state index contributed by atoms with van der Waals surface area (Å²) in [5.74, 6) is 0. The van der Waals surface area contributed by atoms with E-state index in [0.29, 0.717) is 10.7 Å². The number of hydrogen-bond acceptors (Lipinski definition) is 3. The summed E-state index contributed by atoms with van der Waals surface area (Å²) in [6.07, 6.45) is 1.50. The molecule has 2 aromatic rings. The zero-order chi connectivity index (χ0) is 8.55. The minimum atomic E-state index is 0.225. The summed E-state index contributed by atoms with van der Waals surface area (Å²) in [6, 6.07) is 5.30. The van der Waals surface area contributed by atoms with Crippen LogP contribution in [0.25, 0.3) is 11.0 Å². The average Bonchev–Trinajstić information content (AvgIpc) is 2.50. The van der Waals surface area contributed by atoms with Crippen molar-refractivity contribution in [1.29, 1.82) is 5.26 Å². The number of rotatable bonds is 0. The highest BCUT2D eigenvalue weighted by atomic mass is 35.5. The van der Waals surface area contributed by atoms with Crippen LogP contribution >= 0.6 is 11.6 Å². The van der Waals surface area contributed by atoms with Crippen molar-refractivity contribution in [3.63, 3.8) is 0 Å². The molecule has 0 spiro atoms. The number of nitriles is 1. The second-order valence-electron chi connectivity index (χ2n) is 2.24. The average molecular weight is 179 g/mol. The minimum absolute atomic E-state index is 0.225. The van der Waals surface area contributed by atoms with Crippen LogP contribution < -0.4 is 0 Å². The molecule has 4 heteroatoms. The molecule has 3 nitrogen and oxygen atoms in total. The summed E-state index contributed by atoms with van der Waals surface area (Å²) < 4.78 is 5.05. The summed E-state index contributed by atoms with van der Waals surface area (Å²) in [6.45, 7) is 0. The van der Waals surface area contributed by atoms with E-state index in [4.69, 9.17) is 21.3 Å². The van der Waals surface area contributed by atoms with E-state index in [1.54, 1.807) is 12.1 Å². The lowest BCUT2D eigenvalue weighted by atomic mass is 10.3. The SMILES string of the molecule is N#Cc1nc(Cl)cc2ccoc12. The predicted octanol–water partition coefficient (Wildman–Crippen LogP) is 2.35. The van der Waals surface area contributed by atoms with E-state index < -0.39 is 0 Å². The van der Waals surface area contributed by atoms with Crippen molar-refractivity contribution >= 4 is 22.6 Å². The quantitative estimate of drug-likeness (QED) is 0.582. The molecule has 12 heavy (non-hydrogen) atoms. The molecule has 0 N–H and O–H groups in total. The molecule has 2 rings (SSSR count). The first-order valence-electron chi connectivity index (χ1n) is 3.25. The van der Waals surface area contributed by atoms with Gasteiger partial charge in [-0.05, 0) is 12.1 Å². The van der Waals surface area contributed by atoms with Gasteiger partial charge in [-0.1, -0.05) is 11.6 Å². The molecule has 0 aromatic carbocycles. The standard InChI is InChI=1S/C8H3ClN2O/c9-7-3-5-1-2-12-8(5)6(4-10)11-7/h1-3H. The van der Waals surface area contributed by atoms with Crippen molar-refractivity contribution in [2.24, 2.45) is 0 Å². The van der Waals surface area contributed by atoms with Crippen molar-refractivity contribution < 1.29 is 4.42 Å². The van der Waals surface area contributed by atoms with Gasteiger partial charge in [-0.25, -0.2) is 4.98 Å². The van der Waals surface area contributed by atoms with Gasteiger partial charge in [0, 0.05) is 5.39 Å². The molecular formula is C8H3ClN2O. The minimum Gasteiger partial charge on any atom is -0.461 e. The zero-order valence-electron chi connectivity index (χ0n) is 5.91. The van der Waals surface area contributed by atoms with Gasteiger partial charge < -0.3 is 4.42 Å². The number of furan rings is 1. The fourth-order valence-corrected chi connectivity index (χ4v) is 1.22. The fraction of sp³-hybridized carbons (Fsp3) is 0. The van der Waals surface area contributed by atoms with Gasteiger partial charge in [0.15, 0.2) is 11.3 Å². The van der Waals surface area contributed by atoms with Gasteiger partial charge in [0.25, 0.3) is 0 Å². The number of pyridine rings is 1.